The van der Waals surface area contributed by atoms with Crippen molar-refractivity contribution in [3.8, 4) is 5.75 Å². The molecule has 0 bridgehead atoms. The van der Waals surface area contributed by atoms with Crippen molar-refractivity contribution < 1.29 is 43.8 Å². The van der Waals surface area contributed by atoms with E-state index in [4.69, 9.17) is 16.6 Å². The van der Waals surface area contributed by atoms with E-state index in [1.165, 1.54) is 25.4 Å². The summed E-state index contributed by atoms with van der Waals surface area (Å²) in [5, 5.41) is 30.1. The maximum Gasteiger partial charge on any atom is 0.325 e. The zero-order chi connectivity index (χ0) is 51.1. The van der Waals surface area contributed by atoms with Crippen LogP contribution in [0, 0.1) is 23.7 Å². The molecule has 4 amide bonds. The second kappa shape index (κ2) is 29.5. The lowest BCUT2D eigenvalue weighted by molar-refractivity contribution is -0.139. The van der Waals surface area contributed by atoms with Crippen LogP contribution in [0.1, 0.15) is 124 Å². The predicted octanol–water partition coefficient (Wildman–Crippen LogP) is 3.66. The Balaban J connectivity index is 0.000000473. The predicted molar refractivity (Wildman–Crippen MR) is 261 cm³/mol. The number of nitrogens with two attached hydrogens (primary N) is 2. The van der Waals surface area contributed by atoms with Crippen molar-refractivity contribution in [3.05, 3.63) is 60.3 Å². The van der Waals surface area contributed by atoms with E-state index in [0.717, 1.165) is 24.1 Å². The van der Waals surface area contributed by atoms with Crippen molar-refractivity contribution in [2.45, 2.75) is 156 Å². The molecule has 2 aromatic rings. The van der Waals surface area contributed by atoms with Crippen LogP contribution < -0.4 is 32.7 Å². The zero-order valence-electron chi connectivity index (χ0n) is 41.3. The Hall–Kier alpha value is -6.27. The number of aliphatic imine (C=N–C) groups is 1. The van der Waals surface area contributed by atoms with E-state index in [1.807, 2.05) is 41.5 Å². The van der Waals surface area contributed by atoms with Gasteiger partial charge in [-0.05, 0) is 75.0 Å². The Morgan fingerprint density at radius 3 is 2.12 bits per heavy atom. The maximum absolute atomic E-state index is 13.5. The van der Waals surface area contributed by atoms with Crippen LogP contribution in [0.5, 0.6) is 5.75 Å². The number of ketones is 2. The quantitative estimate of drug-likeness (QED) is 0.0335. The molecule has 68 heavy (non-hydrogen) atoms. The van der Waals surface area contributed by atoms with Crippen LogP contribution in [0.15, 0.2) is 54.1 Å². The Morgan fingerprint density at radius 1 is 0.897 bits per heavy atom. The highest BCUT2D eigenvalue weighted by molar-refractivity contribution is 5.94. The van der Waals surface area contributed by atoms with Crippen LogP contribution in [-0.2, 0) is 46.4 Å². The van der Waals surface area contributed by atoms with E-state index in [0.29, 0.717) is 57.3 Å². The highest BCUT2D eigenvalue weighted by Crippen LogP contribution is 2.25. The summed E-state index contributed by atoms with van der Waals surface area (Å²) in [4.78, 5) is 102. The van der Waals surface area contributed by atoms with Gasteiger partial charge in [-0.15, -0.1) is 0 Å². The Bertz CT molecular complexity index is 1990. The van der Waals surface area contributed by atoms with E-state index in [1.54, 1.807) is 30.2 Å². The highest BCUT2D eigenvalue weighted by Gasteiger charge is 2.37. The molecule has 1 saturated heterocycles. The molecule has 1 unspecified atom stereocenters. The topological polar surface area (TPSA) is 304 Å². The first-order chi connectivity index (χ1) is 32.1. The van der Waals surface area contributed by atoms with Crippen molar-refractivity contribution in [1.29, 1.82) is 0 Å². The second-order valence-corrected chi connectivity index (χ2v) is 18.0. The molecule has 19 nitrogen and oxygen atoms in total. The summed E-state index contributed by atoms with van der Waals surface area (Å²) in [6.07, 6.45) is 8.04. The summed E-state index contributed by atoms with van der Waals surface area (Å²) >= 11 is 0. The number of aliphatic carboxylic acids is 1. The minimum Gasteiger partial charge on any atom is -0.508 e. The van der Waals surface area contributed by atoms with Crippen molar-refractivity contribution in [2.75, 3.05) is 13.1 Å². The number of phenolic OH excluding ortho intramolecular Hbond substituents is 1. The zero-order valence-corrected chi connectivity index (χ0v) is 41.3. The summed E-state index contributed by atoms with van der Waals surface area (Å²) in [6, 6.07) is 3.08. The molecule has 1 aromatic carbocycles. The number of carboxylic acids is 1. The number of benzene rings is 1. The van der Waals surface area contributed by atoms with Gasteiger partial charge in [0.15, 0.2) is 17.5 Å². The molecule has 3 rings (SSSR count). The van der Waals surface area contributed by atoms with E-state index >= 15 is 0 Å². The molecule has 11 N–H and O–H groups in total. The van der Waals surface area contributed by atoms with Crippen molar-refractivity contribution >= 4 is 47.1 Å². The van der Waals surface area contributed by atoms with Gasteiger partial charge in [0.05, 0.1) is 24.5 Å². The fraction of sp³-hybridized carbons (Fsp3) is 0.612. The first-order valence-corrected chi connectivity index (χ1v) is 23.9. The molecule has 1 fully saturated rings. The van der Waals surface area contributed by atoms with Gasteiger partial charge in [-0.1, -0.05) is 73.6 Å². The third kappa shape index (κ3) is 19.5. The van der Waals surface area contributed by atoms with Gasteiger partial charge >= 0.3 is 5.97 Å². The number of likely N-dealkylation sites (tertiary alicyclic amines) is 1. The lowest BCUT2D eigenvalue weighted by atomic mass is 9.86. The number of phenols is 1. The number of nitrogens with zero attached hydrogens (tertiary/aromatic N) is 3. The average molecular weight is 951 g/mol. The largest absolute Gasteiger partial charge is 0.508 e. The third-order valence-corrected chi connectivity index (χ3v) is 12.4. The lowest BCUT2D eigenvalue weighted by Crippen LogP contribution is -2.53. The van der Waals surface area contributed by atoms with E-state index in [9.17, 15) is 38.7 Å². The van der Waals surface area contributed by atoms with Gasteiger partial charge in [-0.25, -0.2) is 4.98 Å². The number of imidazole rings is 1. The minimum atomic E-state index is -0.986. The van der Waals surface area contributed by atoms with Gasteiger partial charge in [0.2, 0.25) is 23.6 Å². The number of H-pyrrole nitrogens is 1. The highest BCUT2D eigenvalue weighted by atomic mass is 16.4. The molecule has 0 aliphatic carbocycles. The smallest absolute Gasteiger partial charge is 0.325 e. The van der Waals surface area contributed by atoms with E-state index in [2.05, 4.69) is 42.8 Å². The average Bonchev–Trinajstić information content (AvgIpc) is 4.01. The molecule has 0 radical (unpaired) electrons. The fourth-order valence-electron chi connectivity index (χ4n) is 7.70. The normalized spacial score (nSPS) is 16.3. The van der Waals surface area contributed by atoms with Gasteiger partial charge in [0.1, 0.15) is 17.8 Å². The van der Waals surface area contributed by atoms with Crippen molar-refractivity contribution in [1.82, 2.24) is 36.1 Å². The third-order valence-electron chi connectivity index (χ3n) is 12.4. The van der Waals surface area contributed by atoms with Gasteiger partial charge in [-0.3, -0.25) is 38.6 Å². The van der Waals surface area contributed by atoms with Crippen LogP contribution in [0.3, 0.4) is 0 Å². The van der Waals surface area contributed by atoms with Crippen molar-refractivity contribution in [2.24, 2.45) is 40.1 Å². The molecule has 1 aliphatic heterocycles. The number of aromatic hydroxyl groups is 1. The standard InChI is InChI=1S/C27H43N5O5.C22H35N5O4/c1-5-8-25(36)31-21(9-7-14-30-27(28)29)24(35)16-20(17(3)4)26(37)32-22(23(34)6-2)15-18-10-12-19(33)13-11-18;1-6-13(2)14(3)20(28)26-18(10-17-11-23-12-24-17)21(29)27-9-7-8-19(27)15(4)25-16(5)22(30)31/h10-13,17,20-22,33H,5-9,14-16H2,1-4H3,(H,31,36)(H,32,37)(H4,28,29,30);11-14,16,18-19,25H,4,6-10H2,1-3,5H3,(H,23,24)(H,26,28)(H,30,31)/t20-,21-,22-;13?,14-,16+,18-,19-/m00/s1. The van der Waals surface area contributed by atoms with E-state index in [-0.39, 0.29) is 90.0 Å². The van der Waals surface area contributed by atoms with Crippen molar-refractivity contribution in [3.63, 3.8) is 0 Å². The summed E-state index contributed by atoms with van der Waals surface area (Å²) in [5.41, 5.74) is 12.8. The lowest BCUT2D eigenvalue weighted by Gasteiger charge is -2.32. The Labute approximate surface area is 401 Å². The van der Waals surface area contributed by atoms with Crippen LogP contribution in [0.4, 0.5) is 0 Å². The number of aromatic amines is 1. The van der Waals surface area contributed by atoms with Crippen LogP contribution >= 0.6 is 0 Å². The number of aromatic nitrogens is 2. The summed E-state index contributed by atoms with van der Waals surface area (Å²) in [7, 11) is 0. The van der Waals surface area contributed by atoms with Crippen LogP contribution in [0.2, 0.25) is 0 Å². The van der Waals surface area contributed by atoms with Gasteiger partial charge in [0, 0.05) is 68.2 Å². The van der Waals surface area contributed by atoms with Gasteiger partial charge in [0.25, 0.3) is 0 Å². The monoisotopic (exact) mass is 951 g/mol. The molecular weight excluding hydrogens is 873 g/mol. The number of Topliss-reactive ketones (excluding diaryl/α,β-unsaturated/α-hetero) is 2. The molecule has 378 valence electrons. The number of nitrogens with one attached hydrogen (secondary N) is 5. The Kier molecular flexibility index (Phi) is 25.1. The molecule has 0 spiro atoms. The van der Waals surface area contributed by atoms with Crippen LogP contribution in [-0.4, -0.2) is 116 Å². The van der Waals surface area contributed by atoms with Gasteiger partial charge < -0.3 is 52.8 Å². The second-order valence-electron chi connectivity index (χ2n) is 18.0. The summed E-state index contributed by atoms with van der Waals surface area (Å²) in [5.74, 6) is -3.13. The SMILES string of the molecule is C=C(N[C@H](C)C(=O)O)[C@@H]1CCCN1C(=O)[C@H](Cc1cnc[nH]1)NC(=O)[C@@H](C)C(C)CC.CCCC(=O)N[C@@H](CCCN=C(N)N)C(=O)C[C@H](C(=O)N[C@@H](Cc1ccc(O)cc1)C(=O)CC)C(C)C. The maximum atomic E-state index is 13.5. The molecule has 0 saturated carbocycles. The number of amides is 4. The number of hydrogen-bond donors (Lipinski definition) is 9. The molecule has 2 heterocycles. The first kappa shape index (κ1) is 57.9. The fourth-order valence-corrected chi connectivity index (χ4v) is 7.70. The molecule has 19 heteroatoms. The summed E-state index contributed by atoms with van der Waals surface area (Å²) in [6.45, 7) is 19.6. The molecule has 1 aromatic heterocycles. The number of carbonyl (C=O) groups is 7. The summed E-state index contributed by atoms with van der Waals surface area (Å²) < 4.78 is 0. The number of carboxylic acid groups (broad SMARTS) is 1. The Morgan fingerprint density at radius 2 is 1.56 bits per heavy atom. The minimum absolute atomic E-state index is 0.0436. The molecule has 1 aliphatic rings. The number of hydrogen-bond acceptors (Lipinski definition) is 11. The molecule has 8 atom stereocenters. The van der Waals surface area contributed by atoms with Gasteiger partial charge in [-0.2, -0.15) is 0 Å². The van der Waals surface area contributed by atoms with E-state index < -0.39 is 36.1 Å². The molecular formula is C49H78N10O9. The number of guanidine groups is 1. The number of rotatable bonds is 28. The van der Waals surface area contributed by atoms with Crippen LogP contribution in [0.25, 0.3) is 0 Å². The number of carbonyl (C=O) groups excluding carboxylic acids is 6. The first-order valence-electron chi connectivity index (χ1n) is 23.9.